The number of esters is 1. The van der Waals surface area contributed by atoms with Gasteiger partial charge in [-0.1, -0.05) is 55.0 Å². The van der Waals surface area contributed by atoms with Crippen LogP contribution in [0, 0.1) is 0 Å². The minimum atomic E-state index is -0.243. The molecule has 1 aliphatic carbocycles. The zero-order valence-corrected chi connectivity index (χ0v) is 17.0. The Bertz CT molecular complexity index is 961. The van der Waals surface area contributed by atoms with Crippen molar-refractivity contribution in [1.82, 2.24) is 0 Å². The lowest BCUT2D eigenvalue weighted by Gasteiger charge is -2.22. The minimum absolute atomic E-state index is 0.243. The summed E-state index contributed by atoms with van der Waals surface area (Å²) >= 11 is 0. The third-order valence-electron chi connectivity index (χ3n) is 5.70. The number of benzene rings is 2. The van der Waals surface area contributed by atoms with Crippen LogP contribution in [0.25, 0.3) is 22.4 Å². The van der Waals surface area contributed by atoms with Crippen molar-refractivity contribution in [2.45, 2.75) is 45.1 Å². The summed E-state index contributed by atoms with van der Waals surface area (Å²) in [5, 5.41) is 0. The number of carbonyl (C=O) groups excluding carboxylic acids is 1. The van der Waals surface area contributed by atoms with Gasteiger partial charge < -0.3 is 4.74 Å². The van der Waals surface area contributed by atoms with E-state index in [2.05, 4.69) is 47.0 Å². The third-order valence-corrected chi connectivity index (χ3v) is 5.70. The van der Waals surface area contributed by atoms with Crippen molar-refractivity contribution in [3.8, 4) is 22.4 Å². The van der Waals surface area contributed by atoms with Gasteiger partial charge >= 0.3 is 5.97 Å². The fraction of sp³-hybridized carbons (Fsp3) is 0.308. The standard InChI is InChI=1S/C26H28NO2/c1-2-29-26(28)25-19-22(20-12-6-3-7-13-20)18-24(21-14-8-4-9-15-21)27(25)23-16-10-5-11-17-23/h3-4,6-9,12-15,18-19,23H,2,5,10-11,16-17H2,1H3/q+1. The average molecular weight is 387 g/mol. The lowest BCUT2D eigenvalue weighted by molar-refractivity contribution is -0.717. The quantitative estimate of drug-likeness (QED) is 0.398. The van der Waals surface area contributed by atoms with Crippen molar-refractivity contribution in [2.24, 2.45) is 0 Å². The molecule has 0 unspecified atom stereocenters. The van der Waals surface area contributed by atoms with Crippen LogP contribution >= 0.6 is 0 Å². The molecule has 1 fully saturated rings. The number of rotatable bonds is 5. The van der Waals surface area contributed by atoms with Gasteiger partial charge in [0.2, 0.25) is 5.69 Å². The molecule has 1 saturated carbocycles. The fourth-order valence-electron chi connectivity index (χ4n) is 4.33. The Morgan fingerprint density at radius 1 is 0.862 bits per heavy atom. The van der Waals surface area contributed by atoms with E-state index in [9.17, 15) is 4.79 Å². The van der Waals surface area contributed by atoms with Gasteiger partial charge in [-0.3, -0.25) is 0 Å². The summed E-state index contributed by atoms with van der Waals surface area (Å²) < 4.78 is 7.73. The summed E-state index contributed by atoms with van der Waals surface area (Å²) in [7, 11) is 0. The molecule has 0 bridgehead atoms. The molecular weight excluding hydrogens is 358 g/mol. The lowest BCUT2D eigenvalue weighted by Crippen LogP contribution is -2.48. The predicted molar refractivity (Wildman–Crippen MR) is 116 cm³/mol. The van der Waals surface area contributed by atoms with Crippen LogP contribution in [0.5, 0.6) is 0 Å². The Balaban J connectivity index is 1.96. The number of hydrogen-bond donors (Lipinski definition) is 0. The van der Waals surface area contributed by atoms with E-state index in [1.54, 1.807) is 0 Å². The van der Waals surface area contributed by atoms with E-state index in [4.69, 9.17) is 4.74 Å². The number of carbonyl (C=O) groups is 1. The van der Waals surface area contributed by atoms with Crippen LogP contribution in [-0.2, 0) is 4.74 Å². The Morgan fingerprint density at radius 2 is 1.48 bits per heavy atom. The zero-order chi connectivity index (χ0) is 20.1. The second kappa shape index (κ2) is 9.04. The van der Waals surface area contributed by atoms with Crippen molar-refractivity contribution in [1.29, 1.82) is 0 Å². The SMILES string of the molecule is CCOC(=O)c1cc(-c2ccccc2)cc(-c2ccccc2)[n+]1C1CCCCC1. The van der Waals surface area contributed by atoms with Crippen LogP contribution in [0.15, 0.2) is 72.8 Å². The maximum atomic E-state index is 13.0. The monoisotopic (exact) mass is 386 g/mol. The maximum absolute atomic E-state index is 13.0. The molecule has 4 rings (SSSR count). The molecule has 3 aromatic rings. The molecule has 2 aromatic carbocycles. The van der Waals surface area contributed by atoms with E-state index >= 15 is 0 Å². The van der Waals surface area contributed by atoms with Crippen molar-refractivity contribution in [3.63, 3.8) is 0 Å². The first-order valence-electron chi connectivity index (χ1n) is 10.7. The van der Waals surface area contributed by atoms with E-state index in [0.717, 1.165) is 35.2 Å². The Labute approximate surface area is 173 Å². The number of pyridine rings is 1. The van der Waals surface area contributed by atoms with Crippen molar-refractivity contribution in [3.05, 3.63) is 78.5 Å². The highest BCUT2D eigenvalue weighted by atomic mass is 16.5. The van der Waals surface area contributed by atoms with Gasteiger partial charge in [0.05, 0.1) is 6.61 Å². The Kier molecular flexibility index (Phi) is 6.04. The maximum Gasteiger partial charge on any atom is 0.403 e. The molecule has 148 valence electrons. The van der Waals surface area contributed by atoms with Gasteiger partial charge in [-0.05, 0) is 43.0 Å². The van der Waals surface area contributed by atoms with E-state index < -0.39 is 0 Å². The van der Waals surface area contributed by atoms with E-state index in [-0.39, 0.29) is 5.97 Å². The van der Waals surface area contributed by atoms with Crippen LogP contribution in [0.2, 0.25) is 0 Å². The molecule has 3 nitrogen and oxygen atoms in total. The van der Waals surface area contributed by atoms with Gasteiger partial charge in [0, 0.05) is 30.5 Å². The first-order chi connectivity index (χ1) is 14.3. The summed E-state index contributed by atoms with van der Waals surface area (Å²) in [6.07, 6.45) is 5.88. The van der Waals surface area contributed by atoms with Crippen LogP contribution in [0.1, 0.15) is 55.6 Å². The molecular formula is C26H28NO2+. The molecule has 0 aliphatic heterocycles. The van der Waals surface area contributed by atoms with Gasteiger partial charge in [0.1, 0.15) is 0 Å². The Morgan fingerprint density at radius 3 is 2.10 bits per heavy atom. The molecule has 3 heteroatoms. The molecule has 29 heavy (non-hydrogen) atoms. The topological polar surface area (TPSA) is 30.2 Å². The number of ether oxygens (including phenoxy) is 1. The van der Waals surface area contributed by atoms with Gasteiger partial charge in [-0.25, -0.2) is 4.79 Å². The lowest BCUT2D eigenvalue weighted by atomic mass is 9.93. The smallest absolute Gasteiger partial charge is 0.403 e. The molecule has 0 saturated heterocycles. The van der Waals surface area contributed by atoms with Crippen molar-refractivity contribution < 1.29 is 14.1 Å². The summed E-state index contributed by atoms with van der Waals surface area (Å²) in [5.41, 5.74) is 5.01. The summed E-state index contributed by atoms with van der Waals surface area (Å²) in [6.45, 7) is 2.24. The number of aromatic nitrogens is 1. The molecule has 1 aromatic heterocycles. The highest BCUT2D eigenvalue weighted by Crippen LogP contribution is 2.31. The van der Waals surface area contributed by atoms with Crippen LogP contribution in [0.4, 0.5) is 0 Å². The second-order valence-corrected chi connectivity index (χ2v) is 7.63. The van der Waals surface area contributed by atoms with E-state index in [1.807, 2.05) is 37.3 Å². The second-order valence-electron chi connectivity index (χ2n) is 7.63. The predicted octanol–water partition coefficient (Wildman–Crippen LogP) is 5.99. The Hall–Kier alpha value is -2.94. The van der Waals surface area contributed by atoms with Crippen LogP contribution in [0.3, 0.4) is 0 Å². The summed E-state index contributed by atoms with van der Waals surface area (Å²) in [5.74, 6) is -0.243. The molecule has 0 amide bonds. The molecule has 0 atom stereocenters. The third kappa shape index (κ3) is 4.24. The average Bonchev–Trinajstić information content (AvgIpc) is 2.80. The molecule has 0 spiro atoms. The summed E-state index contributed by atoms with van der Waals surface area (Å²) in [6, 6.07) is 25.2. The summed E-state index contributed by atoms with van der Waals surface area (Å²) in [4.78, 5) is 13.0. The van der Waals surface area contributed by atoms with Crippen LogP contribution in [-0.4, -0.2) is 12.6 Å². The van der Waals surface area contributed by atoms with E-state index in [0.29, 0.717) is 18.3 Å². The molecule has 0 N–H and O–H groups in total. The zero-order valence-electron chi connectivity index (χ0n) is 17.0. The van der Waals surface area contributed by atoms with Crippen molar-refractivity contribution >= 4 is 5.97 Å². The molecule has 1 heterocycles. The fourth-order valence-corrected chi connectivity index (χ4v) is 4.33. The van der Waals surface area contributed by atoms with Gasteiger partial charge in [-0.15, -0.1) is 0 Å². The normalized spacial score (nSPS) is 14.5. The first-order valence-corrected chi connectivity index (χ1v) is 10.7. The van der Waals surface area contributed by atoms with E-state index in [1.165, 1.54) is 19.3 Å². The molecule has 1 aliphatic rings. The number of hydrogen-bond acceptors (Lipinski definition) is 2. The number of nitrogens with zero attached hydrogens (tertiary/aromatic N) is 1. The first kappa shape index (κ1) is 19.4. The van der Waals surface area contributed by atoms with Gasteiger partial charge in [0.25, 0.3) is 5.69 Å². The van der Waals surface area contributed by atoms with Crippen LogP contribution < -0.4 is 4.57 Å². The van der Waals surface area contributed by atoms with Gasteiger partial charge in [-0.2, -0.15) is 4.57 Å². The largest absolute Gasteiger partial charge is 0.458 e. The highest BCUT2D eigenvalue weighted by Gasteiger charge is 2.34. The van der Waals surface area contributed by atoms with Gasteiger partial charge in [0.15, 0.2) is 6.04 Å². The van der Waals surface area contributed by atoms with Crippen molar-refractivity contribution in [2.75, 3.05) is 6.61 Å². The minimum Gasteiger partial charge on any atom is -0.458 e. The highest BCUT2D eigenvalue weighted by molar-refractivity contribution is 5.88. The molecule has 0 radical (unpaired) electrons.